The van der Waals surface area contributed by atoms with Crippen LogP contribution in [0.5, 0.6) is 0 Å². The van der Waals surface area contributed by atoms with Crippen LogP contribution in [0.1, 0.15) is 11.1 Å². The molecule has 1 N–H and O–H groups in total. The Morgan fingerprint density at radius 3 is 2.43 bits per heavy atom. The number of benzene rings is 2. The Kier molecular flexibility index (Phi) is 3.34. The monoisotopic (exact) mass is 295 g/mol. The Hall–Kier alpha value is -3.38. The fourth-order valence-electron chi connectivity index (χ4n) is 2.44. The summed E-state index contributed by atoms with van der Waals surface area (Å²) < 4.78 is 0. The Balaban J connectivity index is 1.80. The number of imidazole rings is 1. The van der Waals surface area contributed by atoms with Crippen LogP contribution in [0.3, 0.4) is 0 Å². The van der Waals surface area contributed by atoms with Gasteiger partial charge >= 0.3 is 0 Å². The molecule has 2 aromatic heterocycles. The first kappa shape index (κ1) is 13.3. The number of hydrogen-bond acceptors (Lipinski definition) is 2. The molecule has 0 amide bonds. The summed E-state index contributed by atoms with van der Waals surface area (Å²) in [5, 5.41) is 0. The fourth-order valence-corrected chi connectivity index (χ4v) is 2.44. The number of aromatic nitrogens is 3. The summed E-state index contributed by atoms with van der Waals surface area (Å²) in [6, 6.07) is 19.8. The van der Waals surface area contributed by atoms with Gasteiger partial charge in [0.25, 0.3) is 0 Å². The molecule has 0 atom stereocenters. The normalized spacial score (nSPS) is 10.3. The van der Waals surface area contributed by atoms with E-state index < -0.39 is 0 Å². The third-order valence-corrected chi connectivity index (χ3v) is 3.58. The minimum atomic E-state index is 0.830. The summed E-state index contributed by atoms with van der Waals surface area (Å²) in [6.45, 7) is 0. The van der Waals surface area contributed by atoms with Crippen LogP contribution < -0.4 is 0 Å². The number of hydrogen-bond donors (Lipinski definition) is 1. The Morgan fingerprint density at radius 1 is 0.783 bits per heavy atom. The van der Waals surface area contributed by atoms with Gasteiger partial charge in [-0.1, -0.05) is 36.1 Å². The first-order valence-electron chi connectivity index (χ1n) is 7.36. The van der Waals surface area contributed by atoms with Crippen molar-refractivity contribution in [1.29, 1.82) is 0 Å². The van der Waals surface area contributed by atoms with E-state index in [0.29, 0.717) is 0 Å². The lowest BCUT2D eigenvalue weighted by molar-refractivity contribution is 1.28. The molecule has 0 fully saturated rings. The van der Waals surface area contributed by atoms with Gasteiger partial charge in [0.15, 0.2) is 0 Å². The molecule has 3 nitrogen and oxygen atoms in total. The van der Waals surface area contributed by atoms with E-state index in [1.54, 1.807) is 12.4 Å². The van der Waals surface area contributed by atoms with Crippen LogP contribution in [0.2, 0.25) is 0 Å². The minimum absolute atomic E-state index is 0.830. The molecular formula is C20H13N3. The highest BCUT2D eigenvalue weighted by molar-refractivity contribution is 5.85. The molecule has 0 aliphatic heterocycles. The Bertz CT molecular complexity index is 1010. The van der Waals surface area contributed by atoms with E-state index in [1.165, 1.54) is 0 Å². The zero-order chi connectivity index (χ0) is 15.5. The lowest BCUT2D eigenvalue weighted by atomic mass is 10.1. The Labute approximate surface area is 134 Å². The van der Waals surface area contributed by atoms with Crippen molar-refractivity contribution in [3.05, 3.63) is 84.2 Å². The molecule has 0 saturated heterocycles. The molecule has 0 aliphatic carbocycles. The summed E-state index contributed by atoms with van der Waals surface area (Å²) >= 11 is 0. The number of H-pyrrole nitrogens is 1. The zero-order valence-corrected chi connectivity index (χ0v) is 12.3. The second-order valence-electron chi connectivity index (χ2n) is 5.14. The minimum Gasteiger partial charge on any atom is -0.338 e. The van der Waals surface area contributed by atoms with Crippen molar-refractivity contribution in [2.24, 2.45) is 0 Å². The summed E-state index contributed by atoms with van der Waals surface area (Å²) in [5.74, 6) is 7.24. The number of rotatable bonds is 1. The van der Waals surface area contributed by atoms with Crippen LogP contribution in [-0.2, 0) is 0 Å². The van der Waals surface area contributed by atoms with Gasteiger partial charge in [0.1, 0.15) is 11.3 Å². The maximum absolute atomic E-state index is 4.71. The van der Waals surface area contributed by atoms with Crippen LogP contribution in [0.15, 0.2) is 73.1 Å². The number of nitrogens with one attached hydrogen (secondary N) is 1. The van der Waals surface area contributed by atoms with Gasteiger partial charge in [0.2, 0.25) is 0 Å². The van der Waals surface area contributed by atoms with Crippen LogP contribution in [-0.4, -0.2) is 15.0 Å². The van der Waals surface area contributed by atoms with Crippen molar-refractivity contribution in [2.45, 2.75) is 0 Å². The third kappa shape index (κ3) is 2.70. The van der Waals surface area contributed by atoms with Crippen LogP contribution in [0, 0.1) is 11.8 Å². The molecule has 0 bridgehead atoms. The summed E-state index contributed by atoms with van der Waals surface area (Å²) in [6.07, 6.45) is 3.53. The molecule has 4 rings (SSSR count). The highest BCUT2D eigenvalue weighted by atomic mass is 14.9. The van der Waals surface area contributed by atoms with Crippen molar-refractivity contribution in [2.75, 3.05) is 0 Å². The maximum Gasteiger partial charge on any atom is 0.138 e. The van der Waals surface area contributed by atoms with Crippen LogP contribution in [0.25, 0.3) is 22.4 Å². The average molecular weight is 295 g/mol. The Morgan fingerprint density at radius 2 is 1.61 bits per heavy atom. The quantitative estimate of drug-likeness (QED) is 0.539. The number of pyridine rings is 1. The fraction of sp³-hybridized carbons (Fsp3) is 0. The third-order valence-electron chi connectivity index (χ3n) is 3.58. The summed E-state index contributed by atoms with van der Waals surface area (Å²) in [5.41, 5.74) is 4.80. The predicted molar refractivity (Wildman–Crippen MR) is 91.7 cm³/mol. The van der Waals surface area contributed by atoms with Gasteiger partial charge in [-0.05, 0) is 36.4 Å². The molecule has 3 heteroatoms. The summed E-state index contributed by atoms with van der Waals surface area (Å²) in [7, 11) is 0. The zero-order valence-electron chi connectivity index (χ0n) is 12.3. The molecule has 0 unspecified atom stereocenters. The number of para-hydroxylation sites is 1. The topological polar surface area (TPSA) is 41.6 Å². The van der Waals surface area contributed by atoms with Crippen molar-refractivity contribution in [1.82, 2.24) is 15.0 Å². The predicted octanol–water partition coefficient (Wildman–Crippen LogP) is 4.02. The van der Waals surface area contributed by atoms with E-state index in [2.05, 4.69) is 21.8 Å². The standard InChI is InChI=1S/C20H13N3/c1-2-5-15(6-3-1)9-10-16-7-4-8-18-19(16)23-20(22-18)17-11-13-21-14-12-17/h1-8,11-14H,(H,22,23). The van der Waals surface area contributed by atoms with Crippen molar-refractivity contribution < 1.29 is 0 Å². The molecule has 4 aromatic rings. The number of aromatic amines is 1. The molecule has 0 spiro atoms. The second-order valence-corrected chi connectivity index (χ2v) is 5.14. The van der Waals surface area contributed by atoms with Crippen LogP contribution in [0.4, 0.5) is 0 Å². The summed E-state index contributed by atoms with van der Waals surface area (Å²) in [4.78, 5) is 12.1. The van der Waals surface area contributed by atoms with Crippen molar-refractivity contribution in [3.63, 3.8) is 0 Å². The van der Waals surface area contributed by atoms with Gasteiger partial charge in [-0.25, -0.2) is 4.98 Å². The smallest absolute Gasteiger partial charge is 0.138 e. The van der Waals surface area contributed by atoms with Crippen molar-refractivity contribution in [3.8, 4) is 23.2 Å². The van der Waals surface area contributed by atoms with E-state index in [0.717, 1.165) is 33.5 Å². The van der Waals surface area contributed by atoms with Crippen LogP contribution >= 0.6 is 0 Å². The van der Waals surface area contributed by atoms with Gasteiger partial charge in [-0.2, -0.15) is 0 Å². The number of nitrogens with zero attached hydrogens (tertiary/aromatic N) is 2. The van der Waals surface area contributed by atoms with Gasteiger partial charge in [0, 0.05) is 23.5 Å². The highest BCUT2D eigenvalue weighted by Crippen LogP contribution is 2.22. The average Bonchev–Trinajstić information content (AvgIpc) is 3.06. The van der Waals surface area contributed by atoms with E-state index in [1.807, 2.05) is 60.7 Å². The van der Waals surface area contributed by atoms with E-state index in [-0.39, 0.29) is 0 Å². The second kappa shape index (κ2) is 5.78. The largest absolute Gasteiger partial charge is 0.338 e. The molecule has 23 heavy (non-hydrogen) atoms. The highest BCUT2D eigenvalue weighted by Gasteiger charge is 2.07. The van der Waals surface area contributed by atoms with E-state index >= 15 is 0 Å². The first-order chi connectivity index (χ1) is 11.4. The van der Waals surface area contributed by atoms with Gasteiger partial charge in [-0.15, -0.1) is 0 Å². The van der Waals surface area contributed by atoms with E-state index in [4.69, 9.17) is 4.98 Å². The molecular weight excluding hydrogens is 282 g/mol. The SMILES string of the molecule is C(#Cc1cccc2[nH]c(-c3ccncc3)nc12)c1ccccc1. The molecule has 108 valence electrons. The molecule has 0 saturated carbocycles. The van der Waals surface area contributed by atoms with Crippen molar-refractivity contribution >= 4 is 11.0 Å². The van der Waals surface area contributed by atoms with Gasteiger partial charge in [0.05, 0.1) is 11.1 Å². The number of fused-ring (bicyclic) bond motifs is 1. The maximum atomic E-state index is 4.71. The van der Waals surface area contributed by atoms with E-state index in [9.17, 15) is 0 Å². The first-order valence-corrected chi connectivity index (χ1v) is 7.36. The van der Waals surface area contributed by atoms with Gasteiger partial charge < -0.3 is 4.98 Å². The molecule has 2 aromatic carbocycles. The van der Waals surface area contributed by atoms with Gasteiger partial charge in [-0.3, -0.25) is 4.98 Å². The lowest BCUT2D eigenvalue weighted by Crippen LogP contribution is -1.81. The molecule has 0 aliphatic rings. The lowest BCUT2D eigenvalue weighted by Gasteiger charge is -1.93. The molecule has 0 radical (unpaired) electrons. The molecule has 2 heterocycles.